The Kier molecular flexibility index (Phi) is 5.79. The molecule has 2 N–H and O–H groups in total. The van der Waals surface area contributed by atoms with E-state index in [1.54, 1.807) is 6.07 Å². The van der Waals surface area contributed by atoms with Crippen LogP contribution in [0.4, 0.5) is 5.82 Å². The van der Waals surface area contributed by atoms with Gasteiger partial charge in [0, 0.05) is 31.4 Å². The number of aromatic nitrogens is 4. The third kappa shape index (κ3) is 4.77. The van der Waals surface area contributed by atoms with Gasteiger partial charge in [0.1, 0.15) is 11.6 Å². The minimum Gasteiger partial charge on any atom is -0.438 e. The number of benzene rings is 1. The Morgan fingerprint density at radius 3 is 2.54 bits per heavy atom. The number of aryl methyl sites for hydroxylation is 3. The van der Waals surface area contributed by atoms with Crippen LogP contribution < -0.4 is 21.3 Å². The first kappa shape index (κ1) is 19.6. The number of nitrogens with one attached hydrogen (secondary N) is 2. The van der Waals surface area contributed by atoms with E-state index in [1.807, 2.05) is 32.9 Å². The highest BCUT2D eigenvalue weighted by Gasteiger charge is 2.10. The van der Waals surface area contributed by atoms with Crippen LogP contribution in [0.2, 0.25) is 5.28 Å². The molecule has 0 atom stereocenters. The molecule has 0 unspecified atom stereocenters. The lowest BCUT2D eigenvalue weighted by atomic mass is 10.1. The van der Waals surface area contributed by atoms with E-state index in [0.29, 0.717) is 24.8 Å². The molecule has 0 aliphatic carbocycles. The van der Waals surface area contributed by atoms with Crippen molar-refractivity contribution in [1.82, 2.24) is 19.5 Å². The Hall–Kier alpha value is -3.13. The quantitative estimate of drug-likeness (QED) is 0.616. The van der Waals surface area contributed by atoms with Gasteiger partial charge in [0.15, 0.2) is 0 Å². The average Bonchev–Trinajstić information content (AvgIpc) is 2.59. The van der Waals surface area contributed by atoms with E-state index in [1.165, 1.54) is 16.8 Å². The van der Waals surface area contributed by atoms with Crippen LogP contribution >= 0.6 is 11.6 Å². The monoisotopic (exact) mass is 401 g/mol. The Morgan fingerprint density at radius 2 is 1.86 bits per heavy atom. The average molecular weight is 402 g/mol. The fourth-order valence-electron chi connectivity index (χ4n) is 2.90. The summed E-state index contributed by atoms with van der Waals surface area (Å²) >= 11 is 6.02. The number of nitrogens with zero attached hydrogens (tertiary/aromatic N) is 3. The predicted octanol–water partition coefficient (Wildman–Crippen LogP) is 2.81. The molecule has 0 bridgehead atoms. The summed E-state index contributed by atoms with van der Waals surface area (Å²) in [6, 6.07) is 7.00. The van der Waals surface area contributed by atoms with E-state index < -0.39 is 11.2 Å². The third-order valence-corrected chi connectivity index (χ3v) is 4.21. The molecule has 146 valence electrons. The summed E-state index contributed by atoms with van der Waals surface area (Å²) in [5.74, 6) is 1.51. The number of halogens is 1. The van der Waals surface area contributed by atoms with E-state index in [0.717, 1.165) is 22.4 Å². The standard InChI is InChI=1S/C19H20ClN5O3/c1-11-8-12(2)17(13(3)9-11)28-16-10-14(22-18(20)24-16)21-5-7-25-6-4-15(26)23-19(25)27/h4,6,8-10H,5,7H2,1-3H3,(H,21,22,24)(H,23,26,27). The summed E-state index contributed by atoms with van der Waals surface area (Å²) in [6.07, 6.45) is 1.44. The number of ether oxygens (including phenoxy) is 1. The maximum absolute atomic E-state index is 11.7. The molecule has 8 nitrogen and oxygen atoms in total. The molecule has 9 heteroatoms. The Balaban J connectivity index is 1.73. The zero-order valence-electron chi connectivity index (χ0n) is 15.7. The fourth-order valence-corrected chi connectivity index (χ4v) is 3.07. The van der Waals surface area contributed by atoms with Crippen LogP contribution in [0, 0.1) is 20.8 Å². The normalized spacial score (nSPS) is 10.7. The predicted molar refractivity (Wildman–Crippen MR) is 108 cm³/mol. The lowest BCUT2D eigenvalue weighted by Crippen LogP contribution is -2.30. The van der Waals surface area contributed by atoms with Gasteiger partial charge < -0.3 is 10.1 Å². The zero-order chi connectivity index (χ0) is 20.3. The topological polar surface area (TPSA) is 102 Å². The highest BCUT2D eigenvalue weighted by atomic mass is 35.5. The minimum atomic E-state index is -0.468. The van der Waals surface area contributed by atoms with Gasteiger partial charge in [0.05, 0.1) is 0 Å². The number of aromatic amines is 1. The molecule has 0 aliphatic heterocycles. The maximum atomic E-state index is 11.7. The Labute approximate surface area is 166 Å². The van der Waals surface area contributed by atoms with Gasteiger partial charge in [0.2, 0.25) is 11.2 Å². The van der Waals surface area contributed by atoms with Crippen molar-refractivity contribution in [2.75, 3.05) is 11.9 Å². The van der Waals surface area contributed by atoms with Crippen LogP contribution in [-0.2, 0) is 6.54 Å². The Bertz CT molecular complexity index is 1100. The van der Waals surface area contributed by atoms with E-state index in [2.05, 4.69) is 20.3 Å². The number of hydrogen-bond acceptors (Lipinski definition) is 6. The van der Waals surface area contributed by atoms with E-state index in [-0.39, 0.29) is 5.28 Å². The molecule has 0 radical (unpaired) electrons. The van der Waals surface area contributed by atoms with Gasteiger partial charge in [-0.1, -0.05) is 17.7 Å². The largest absolute Gasteiger partial charge is 0.438 e. The van der Waals surface area contributed by atoms with Crippen molar-refractivity contribution in [1.29, 1.82) is 0 Å². The molecule has 2 heterocycles. The molecule has 0 saturated carbocycles. The maximum Gasteiger partial charge on any atom is 0.328 e. The van der Waals surface area contributed by atoms with Gasteiger partial charge in [0.25, 0.3) is 5.56 Å². The second-order valence-corrected chi connectivity index (χ2v) is 6.76. The molecule has 0 spiro atoms. The summed E-state index contributed by atoms with van der Waals surface area (Å²) in [5, 5.41) is 3.12. The van der Waals surface area contributed by atoms with Gasteiger partial charge in [-0.2, -0.15) is 4.98 Å². The van der Waals surface area contributed by atoms with Gasteiger partial charge in [-0.05, 0) is 43.5 Å². The molecule has 1 aromatic carbocycles. The van der Waals surface area contributed by atoms with Gasteiger partial charge in [-0.15, -0.1) is 0 Å². The molecule has 0 fully saturated rings. The van der Waals surface area contributed by atoms with Crippen molar-refractivity contribution < 1.29 is 4.74 Å². The van der Waals surface area contributed by atoms with Crippen molar-refractivity contribution in [3.8, 4) is 11.6 Å². The lowest BCUT2D eigenvalue weighted by molar-refractivity contribution is 0.455. The van der Waals surface area contributed by atoms with Crippen LogP contribution in [-0.4, -0.2) is 26.1 Å². The zero-order valence-corrected chi connectivity index (χ0v) is 16.5. The van der Waals surface area contributed by atoms with E-state index in [9.17, 15) is 9.59 Å². The summed E-state index contributed by atoms with van der Waals surface area (Å²) in [7, 11) is 0. The van der Waals surface area contributed by atoms with Gasteiger partial charge >= 0.3 is 5.69 Å². The molecule has 2 aromatic heterocycles. The van der Waals surface area contributed by atoms with Crippen molar-refractivity contribution in [2.45, 2.75) is 27.3 Å². The van der Waals surface area contributed by atoms with Crippen molar-refractivity contribution in [3.05, 3.63) is 73.3 Å². The first-order chi connectivity index (χ1) is 13.3. The van der Waals surface area contributed by atoms with Gasteiger partial charge in [-0.3, -0.25) is 14.3 Å². The number of anilines is 1. The Morgan fingerprint density at radius 1 is 1.14 bits per heavy atom. The smallest absolute Gasteiger partial charge is 0.328 e. The minimum absolute atomic E-state index is 0.0450. The molecule has 3 rings (SSSR count). The molecule has 0 aliphatic rings. The molecule has 0 amide bonds. The first-order valence-corrected chi connectivity index (χ1v) is 9.03. The van der Waals surface area contributed by atoms with Crippen LogP contribution in [0.25, 0.3) is 0 Å². The van der Waals surface area contributed by atoms with Crippen molar-refractivity contribution >= 4 is 17.4 Å². The van der Waals surface area contributed by atoms with E-state index >= 15 is 0 Å². The highest BCUT2D eigenvalue weighted by Crippen LogP contribution is 2.30. The molecule has 0 saturated heterocycles. The molecular weight excluding hydrogens is 382 g/mol. The fraction of sp³-hybridized carbons (Fsp3) is 0.263. The van der Waals surface area contributed by atoms with E-state index in [4.69, 9.17) is 16.3 Å². The molecule has 28 heavy (non-hydrogen) atoms. The van der Waals surface area contributed by atoms with Crippen LogP contribution in [0.5, 0.6) is 11.6 Å². The van der Waals surface area contributed by atoms with Crippen LogP contribution in [0.15, 0.2) is 40.1 Å². The van der Waals surface area contributed by atoms with Gasteiger partial charge in [-0.25, -0.2) is 9.78 Å². The lowest BCUT2D eigenvalue weighted by Gasteiger charge is -2.13. The molecule has 3 aromatic rings. The number of rotatable bonds is 6. The van der Waals surface area contributed by atoms with Crippen LogP contribution in [0.1, 0.15) is 16.7 Å². The third-order valence-electron chi connectivity index (χ3n) is 4.04. The highest BCUT2D eigenvalue weighted by molar-refractivity contribution is 6.28. The summed E-state index contributed by atoms with van der Waals surface area (Å²) in [4.78, 5) is 33.2. The second kappa shape index (κ2) is 8.26. The molecular formula is C19H20ClN5O3. The van der Waals surface area contributed by atoms with Crippen molar-refractivity contribution in [3.63, 3.8) is 0 Å². The number of H-pyrrole nitrogens is 1. The second-order valence-electron chi connectivity index (χ2n) is 6.42. The SMILES string of the molecule is Cc1cc(C)c(Oc2cc(NCCn3ccc(=O)[nH]c3=O)nc(Cl)n2)c(C)c1. The van der Waals surface area contributed by atoms with Crippen LogP contribution in [0.3, 0.4) is 0 Å². The summed E-state index contributed by atoms with van der Waals surface area (Å²) < 4.78 is 7.33. The number of hydrogen-bond donors (Lipinski definition) is 2. The summed E-state index contributed by atoms with van der Waals surface area (Å²) in [5.41, 5.74) is 2.26. The first-order valence-electron chi connectivity index (χ1n) is 8.66. The van der Waals surface area contributed by atoms with Crippen molar-refractivity contribution in [2.24, 2.45) is 0 Å². The summed E-state index contributed by atoms with van der Waals surface area (Å²) in [6.45, 7) is 6.70.